The number of hydrogen-bond donors (Lipinski definition) is 0. The zero-order valence-corrected chi connectivity index (χ0v) is 18.9. The Balaban J connectivity index is 1.48. The first-order valence-electron chi connectivity index (χ1n) is 11.2. The van der Waals surface area contributed by atoms with E-state index >= 15 is 4.39 Å². The summed E-state index contributed by atoms with van der Waals surface area (Å²) in [5, 5.41) is 13.2. The van der Waals surface area contributed by atoms with Crippen LogP contribution in [0.1, 0.15) is 30.1 Å². The van der Waals surface area contributed by atoms with Gasteiger partial charge < -0.3 is 9.30 Å². The monoisotopic (exact) mass is 446 g/mol. The van der Waals surface area contributed by atoms with Crippen LogP contribution < -0.4 is 4.74 Å². The quantitative estimate of drug-likeness (QED) is 0.444. The highest BCUT2D eigenvalue weighted by atomic mass is 19.1. The van der Waals surface area contributed by atoms with Gasteiger partial charge in [0.2, 0.25) is 0 Å². The molecule has 0 aliphatic carbocycles. The zero-order chi connectivity index (χ0) is 22.8. The first-order valence-corrected chi connectivity index (χ1v) is 11.2. The molecule has 33 heavy (non-hydrogen) atoms. The fourth-order valence-electron chi connectivity index (χ4n) is 4.59. The third kappa shape index (κ3) is 4.39. The van der Waals surface area contributed by atoms with Crippen LogP contribution in [0.4, 0.5) is 4.39 Å². The summed E-state index contributed by atoms with van der Waals surface area (Å²) in [6, 6.07) is 14.8. The number of aromatic nitrogens is 5. The van der Waals surface area contributed by atoms with Gasteiger partial charge in [-0.2, -0.15) is 5.10 Å². The van der Waals surface area contributed by atoms with Gasteiger partial charge in [-0.05, 0) is 43.7 Å². The SMILES string of the molecule is COc1ccc(-c2nn(-c3ccccc3)cc2CN2CCCC(c3nncn3C)C2)c(F)c1. The Morgan fingerprint density at radius 2 is 2.00 bits per heavy atom. The van der Waals surface area contributed by atoms with Crippen LogP contribution in [-0.4, -0.2) is 49.6 Å². The predicted octanol–water partition coefficient (Wildman–Crippen LogP) is 4.20. The van der Waals surface area contributed by atoms with Gasteiger partial charge in [-0.25, -0.2) is 9.07 Å². The molecule has 5 rings (SSSR count). The standard InChI is InChI=1S/C25H27FN6O/c1-30-17-27-28-25(30)18-7-6-12-31(14-18)15-19-16-32(20-8-4-3-5-9-20)29-24(19)22-11-10-21(33-2)13-23(22)26/h3-5,8-11,13,16-18H,6-7,12,14-15H2,1-2H3. The molecule has 2 aromatic carbocycles. The molecule has 0 radical (unpaired) electrons. The van der Waals surface area contributed by atoms with Gasteiger partial charge in [-0.15, -0.1) is 10.2 Å². The van der Waals surface area contributed by atoms with Crippen molar-refractivity contribution < 1.29 is 9.13 Å². The highest BCUT2D eigenvalue weighted by molar-refractivity contribution is 5.65. The van der Waals surface area contributed by atoms with E-state index in [0.717, 1.165) is 43.0 Å². The molecule has 1 atom stereocenters. The maximum atomic E-state index is 15.0. The van der Waals surface area contributed by atoms with Crippen LogP contribution in [0, 0.1) is 5.82 Å². The van der Waals surface area contributed by atoms with Crippen LogP contribution in [0.3, 0.4) is 0 Å². The molecule has 1 saturated heterocycles. The van der Waals surface area contributed by atoms with Gasteiger partial charge >= 0.3 is 0 Å². The fourth-order valence-corrected chi connectivity index (χ4v) is 4.59. The van der Waals surface area contributed by atoms with Crippen molar-refractivity contribution in [3.8, 4) is 22.7 Å². The molecule has 8 heteroatoms. The molecular formula is C25H27FN6O. The van der Waals surface area contributed by atoms with Crippen LogP contribution in [0.2, 0.25) is 0 Å². The van der Waals surface area contributed by atoms with E-state index in [2.05, 4.69) is 15.1 Å². The molecule has 7 nitrogen and oxygen atoms in total. The van der Waals surface area contributed by atoms with Crippen LogP contribution in [0.5, 0.6) is 5.75 Å². The molecule has 2 aromatic heterocycles. The molecule has 0 N–H and O–H groups in total. The number of nitrogens with zero attached hydrogens (tertiary/aromatic N) is 6. The Morgan fingerprint density at radius 1 is 1.15 bits per heavy atom. The molecule has 0 amide bonds. The summed E-state index contributed by atoms with van der Waals surface area (Å²) in [6.07, 6.45) is 5.94. The van der Waals surface area contributed by atoms with E-state index in [4.69, 9.17) is 9.84 Å². The molecule has 1 fully saturated rings. The van der Waals surface area contributed by atoms with Crippen LogP contribution >= 0.6 is 0 Å². The summed E-state index contributed by atoms with van der Waals surface area (Å²) in [5.41, 5.74) is 3.05. The number of hydrogen-bond acceptors (Lipinski definition) is 5. The Labute approximate surface area is 192 Å². The minimum absolute atomic E-state index is 0.330. The van der Waals surface area contributed by atoms with Gasteiger partial charge in [-0.3, -0.25) is 4.90 Å². The summed E-state index contributed by atoms with van der Waals surface area (Å²) in [6.45, 7) is 2.55. The molecule has 170 valence electrons. The minimum Gasteiger partial charge on any atom is -0.497 e. The topological polar surface area (TPSA) is 61.0 Å². The van der Waals surface area contributed by atoms with E-state index in [9.17, 15) is 0 Å². The first kappa shape index (κ1) is 21.3. The van der Waals surface area contributed by atoms with E-state index < -0.39 is 0 Å². The normalized spacial score (nSPS) is 16.8. The van der Waals surface area contributed by atoms with Gasteiger partial charge in [0.25, 0.3) is 0 Å². The van der Waals surface area contributed by atoms with Gasteiger partial charge in [0.05, 0.1) is 12.8 Å². The van der Waals surface area contributed by atoms with Crippen LogP contribution in [0.25, 0.3) is 16.9 Å². The van der Waals surface area contributed by atoms with Crippen molar-refractivity contribution >= 4 is 0 Å². The Morgan fingerprint density at radius 3 is 2.73 bits per heavy atom. The summed E-state index contributed by atoms with van der Waals surface area (Å²) >= 11 is 0. The van der Waals surface area contributed by atoms with Crippen molar-refractivity contribution in [2.45, 2.75) is 25.3 Å². The summed E-state index contributed by atoms with van der Waals surface area (Å²) in [4.78, 5) is 2.40. The summed E-state index contributed by atoms with van der Waals surface area (Å²) in [7, 11) is 3.52. The largest absolute Gasteiger partial charge is 0.497 e. The second kappa shape index (κ2) is 9.15. The first-order chi connectivity index (χ1) is 16.1. The highest BCUT2D eigenvalue weighted by Crippen LogP contribution is 2.31. The number of para-hydroxylation sites is 1. The maximum Gasteiger partial charge on any atom is 0.136 e. The molecule has 1 aliphatic rings. The lowest BCUT2D eigenvalue weighted by Crippen LogP contribution is -2.34. The lowest BCUT2D eigenvalue weighted by atomic mass is 9.96. The molecule has 0 bridgehead atoms. The smallest absolute Gasteiger partial charge is 0.136 e. The van der Waals surface area contributed by atoms with E-state index in [-0.39, 0.29) is 5.82 Å². The maximum absolute atomic E-state index is 15.0. The molecule has 4 aromatic rings. The van der Waals surface area contributed by atoms with Crippen molar-refractivity contribution in [3.63, 3.8) is 0 Å². The number of ether oxygens (including phenoxy) is 1. The van der Waals surface area contributed by atoms with Gasteiger partial charge in [-0.1, -0.05) is 18.2 Å². The summed E-state index contributed by atoms with van der Waals surface area (Å²) in [5.74, 6) is 1.49. The molecular weight excluding hydrogens is 419 g/mol. The number of benzene rings is 2. The van der Waals surface area contributed by atoms with Crippen LogP contribution in [-0.2, 0) is 13.6 Å². The molecule has 1 aliphatic heterocycles. The third-order valence-corrected chi connectivity index (χ3v) is 6.25. The predicted molar refractivity (Wildman–Crippen MR) is 124 cm³/mol. The Kier molecular flexibility index (Phi) is 5.92. The Hall–Kier alpha value is -3.52. The van der Waals surface area contributed by atoms with Crippen molar-refractivity contribution in [1.29, 1.82) is 0 Å². The molecule has 3 heterocycles. The number of piperidine rings is 1. The average molecular weight is 447 g/mol. The van der Waals surface area contributed by atoms with E-state index in [1.165, 1.54) is 13.2 Å². The number of likely N-dealkylation sites (tertiary alicyclic amines) is 1. The number of halogens is 1. The van der Waals surface area contributed by atoms with Crippen molar-refractivity contribution in [3.05, 3.63) is 78.3 Å². The highest BCUT2D eigenvalue weighted by Gasteiger charge is 2.26. The number of methoxy groups -OCH3 is 1. The van der Waals surface area contributed by atoms with Crippen molar-refractivity contribution in [2.75, 3.05) is 20.2 Å². The second-order valence-corrected chi connectivity index (χ2v) is 8.50. The Bertz CT molecular complexity index is 1230. The lowest BCUT2D eigenvalue weighted by Gasteiger charge is -2.32. The fraction of sp³-hybridized carbons (Fsp3) is 0.320. The van der Waals surface area contributed by atoms with Crippen molar-refractivity contribution in [2.24, 2.45) is 7.05 Å². The molecule has 0 saturated carbocycles. The van der Waals surface area contributed by atoms with E-state index in [1.807, 2.05) is 52.8 Å². The van der Waals surface area contributed by atoms with E-state index in [0.29, 0.717) is 29.5 Å². The van der Waals surface area contributed by atoms with Crippen LogP contribution in [0.15, 0.2) is 61.1 Å². The van der Waals surface area contributed by atoms with Crippen molar-refractivity contribution in [1.82, 2.24) is 29.4 Å². The number of aryl methyl sites for hydroxylation is 1. The second-order valence-electron chi connectivity index (χ2n) is 8.50. The molecule has 1 unspecified atom stereocenters. The van der Waals surface area contributed by atoms with Gasteiger partial charge in [0, 0.05) is 49.4 Å². The number of rotatable bonds is 6. The lowest BCUT2D eigenvalue weighted by molar-refractivity contribution is 0.195. The van der Waals surface area contributed by atoms with E-state index in [1.54, 1.807) is 18.5 Å². The third-order valence-electron chi connectivity index (χ3n) is 6.25. The zero-order valence-electron chi connectivity index (χ0n) is 18.9. The average Bonchev–Trinajstić information content (AvgIpc) is 3.46. The minimum atomic E-state index is -0.343. The summed E-state index contributed by atoms with van der Waals surface area (Å²) < 4.78 is 24.0. The van der Waals surface area contributed by atoms with Gasteiger partial charge in [0.1, 0.15) is 29.4 Å². The molecule has 0 spiro atoms. The van der Waals surface area contributed by atoms with Gasteiger partial charge in [0.15, 0.2) is 0 Å².